The molecule has 0 heterocycles. The molecule has 1 atom stereocenters. The number of nitrogens with zero attached hydrogens (tertiary/aromatic N) is 1. The van der Waals surface area contributed by atoms with Gasteiger partial charge in [-0.1, -0.05) is 30.3 Å². The van der Waals surface area contributed by atoms with Crippen molar-refractivity contribution in [3.8, 4) is 0 Å². The Morgan fingerprint density at radius 2 is 1.47 bits per heavy atom. The Morgan fingerprint density at radius 3 is 2.02 bits per heavy atom. The summed E-state index contributed by atoms with van der Waals surface area (Å²) in [5, 5.41) is 4.76. The van der Waals surface area contributed by atoms with Gasteiger partial charge in [-0.15, -0.1) is 12.4 Å². The minimum absolute atomic E-state index is 0. The van der Waals surface area contributed by atoms with Gasteiger partial charge in [-0.25, -0.2) is 9.59 Å². The number of halogens is 1. The molecule has 0 bridgehead atoms. The lowest BCUT2D eigenvalue weighted by Gasteiger charge is -2.23. The van der Waals surface area contributed by atoms with Gasteiger partial charge in [0.2, 0.25) is 18.6 Å². The van der Waals surface area contributed by atoms with E-state index < -0.39 is 61.0 Å². The first-order valence-corrected chi connectivity index (χ1v) is 12.7. The molecule has 2 amide bonds. The van der Waals surface area contributed by atoms with E-state index in [0.29, 0.717) is 5.56 Å². The molecule has 0 aromatic heterocycles. The van der Waals surface area contributed by atoms with E-state index >= 15 is 0 Å². The first kappa shape index (κ1) is 38.5. The number of hydrogen-bond donors (Lipinski definition) is 2. The molecule has 0 saturated heterocycles. The van der Waals surface area contributed by atoms with Crippen LogP contribution in [0.2, 0.25) is 0 Å². The second-order valence-corrected chi connectivity index (χ2v) is 8.44. The van der Waals surface area contributed by atoms with Gasteiger partial charge in [-0.3, -0.25) is 28.9 Å². The Hall–Kier alpha value is -4.50. The van der Waals surface area contributed by atoms with Gasteiger partial charge in [0.15, 0.2) is 0 Å². The third kappa shape index (κ3) is 19.3. The van der Waals surface area contributed by atoms with E-state index in [1.807, 2.05) is 0 Å². The summed E-state index contributed by atoms with van der Waals surface area (Å²) in [5.74, 6) is -4.98. The topological polar surface area (TPSA) is 193 Å². The maximum absolute atomic E-state index is 12.8. The Kier molecular flexibility index (Phi) is 19.8. The number of nitrogens with one attached hydrogen (secondary N) is 2. The summed E-state index contributed by atoms with van der Waals surface area (Å²) < 4.78 is 24.1. The highest BCUT2D eigenvalue weighted by Crippen LogP contribution is 2.01. The van der Waals surface area contributed by atoms with Crippen molar-refractivity contribution in [2.75, 3.05) is 53.3 Å². The SMILES string of the molecule is COC(=O)/C=C/C(=O)NC[C@H](NC(=O)CN(CCOC(C)=O)CCOC(C)=O)C(=O)OCOC(=O)Cc1ccccc1.Cl. The lowest BCUT2D eigenvalue weighted by molar-refractivity contribution is -0.169. The average Bonchev–Trinajstić information content (AvgIpc) is 2.93. The number of rotatable bonds is 18. The smallest absolute Gasteiger partial charge is 0.333 e. The molecule has 0 aliphatic rings. The predicted octanol–water partition coefficient (Wildman–Crippen LogP) is -0.547. The Morgan fingerprint density at radius 1 is 0.860 bits per heavy atom. The molecule has 0 spiro atoms. The summed E-state index contributed by atoms with van der Waals surface area (Å²) >= 11 is 0. The van der Waals surface area contributed by atoms with Gasteiger partial charge in [-0.2, -0.15) is 0 Å². The second kappa shape index (κ2) is 22.1. The summed E-state index contributed by atoms with van der Waals surface area (Å²) in [4.78, 5) is 84.5. The second-order valence-electron chi connectivity index (χ2n) is 8.44. The van der Waals surface area contributed by atoms with E-state index in [2.05, 4.69) is 15.4 Å². The van der Waals surface area contributed by atoms with Gasteiger partial charge >= 0.3 is 29.8 Å². The molecule has 0 saturated carbocycles. The van der Waals surface area contributed by atoms with Crippen molar-refractivity contribution < 1.29 is 57.2 Å². The lowest BCUT2D eigenvalue weighted by Crippen LogP contribution is -2.52. The zero-order valence-electron chi connectivity index (χ0n) is 24.0. The van der Waals surface area contributed by atoms with E-state index in [9.17, 15) is 33.6 Å². The Bertz CT molecular complexity index is 1090. The fourth-order valence-electron chi connectivity index (χ4n) is 3.08. The highest BCUT2D eigenvalue weighted by Gasteiger charge is 2.24. The van der Waals surface area contributed by atoms with Crippen molar-refractivity contribution in [3.05, 3.63) is 48.0 Å². The largest absolute Gasteiger partial charge is 0.466 e. The van der Waals surface area contributed by atoms with Crippen LogP contribution < -0.4 is 10.6 Å². The average molecular weight is 630 g/mol. The van der Waals surface area contributed by atoms with Crippen LogP contribution in [-0.2, 0) is 63.7 Å². The van der Waals surface area contributed by atoms with Crippen LogP contribution in [0.15, 0.2) is 42.5 Å². The molecule has 0 unspecified atom stereocenters. The van der Waals surface area contributed by atoms with E-state index in [1.165, 1.54) is 18.7 Å². The maximum atomic E-state index is 12.8. The Balaban J connectivity index is 0.0000176. The van der Waals surface area contributed by atoms with E-state index in [0.717, 1.165) is 19.3 Å². The molecule has 1 rings (SSSR count). The fraction of sp³-hybridized carbons (Fsp3) is 0.444. The van der Waals surface area contributed by atoms with Crippen molar-refractivity contribution in [3.63, 3.8) is 0 Å². The van der Waals surface area contributed by atoms with Gasteiger partial charge in [0.1, 0.15) is 19.3 Å². The molecule has 0 aliphatic carbocycles. The quantitative estimate of drug-likeness (QED) is 0.0910. The molecule has 43 heavy (non-hydrogen) atoms. The van der Waals surface area contributed by atoms with Crippen molar-refractivity contribution >= 4 is 54.1 Å². The molecule has 1 aromatic rings. The number of carbonyl (C=O) groups is 7. The molecule has 0 fully saturated rings. The molecule has 15 nitrogen and oxygen atoms in total. The van der Waals surface area contributed by atoms with Gasteiger partial charge in [0.25, 0.3) is 0 Å². The van der Waals surface area contributed by atoms with Crippen LogP contribution in [0.25, 0.3) is 0 Å². The van der Waals surface area contributed by atoms with Gasteiger partial charge in [0.05, 0.1) is 20.1 Å². The Labute approximate surface area is 254 Å². The molecule has 0 aliphatic heterocycles. The summed E-state index contributed by atoms with van der Waals surface area (Å²) in [6, 6.07) is 7.30. The molecular formula is C27H36ClN3O12. The lowest BCUT2D eigenvalue weighted by atomic mass is 10.2. The number of carbonyl (C=O) groups excluding carboxylic acids is 7. The van der Waals surface area contributed by atoms with Crippen molar-refractivity contribution in [2.24, 2.45) is 0 Å². The highest BCUT2D eigenvalue weighted by molar-refractivity contribution is 5.95. The molecular weight excluding hydrogens is 594 g/mol. The summed E-state index contributed by atoms with van der Waals surface area (Å²) in [6.07, 6.45) is 1.67. The van der Waals surface area contributed by atoms with Gasteiger partial charge in [-0.05, 0) is 5.56 Å². The molecule has 0 radical (unpaired) electrons. The zero-order valence-corrected chi connectivity index (χ0v) is 24.8. The molecule has 1 aromatic carbocycles. The molecule has 16 heteroatoms. The third-order valence-corrected chi connectivity index (χ3v) is 5.08. The fourth-order valence-corrected chi connectivity index (χ4v) is 3.08. The highest BCUT2D eigenvalue weighted by atomic mass is 35.5. The number of benzene rings is 1. The van der Waals surface area contributed by atoms with E-state index in [1.54, 1.807) is 30.3 Å². The third-order valence-electron chi connectivity index (χ3n) is 5.08. The van der Waals surface area contributed by atoms with Crippen LogP contribution in [0.3, 0.4) is 0 Å². The molecule has 238 valence electrons. The van der Waals surface area contributed by atoms with Gasteiger partial charge < -0.3 is 34.3 Å². The maximum Gasteiger partial charge on any atom is 0.333 e. The predicted molar refractivity (Wildman–Crippen MR) is 150 cm³/mol. The van der Waals surface area contributed by atoms with Crippen LogP contribution in [0, 0.1) is 0 Å². The summed E-state index contributed by atoms with van der Waals surface area (Å²) in [6.45, 7) is 1.05. The first-order chi connectivity index (χ1) is 20.0. The van der Waals surface area contributed by atoms with Crippen molar-refractivity contribution in [1.29, 1.82) is 0 Å². The number of ether oxygens (including phenoxy) is 5. The van der Waals surface area contributed by atoms with E-state index in [4.69, 9.17) is 18.9 Å². The zero-order chi connectivity index (χ0) is 31.3. The normalized spacial score (nSPS) is 11.0. The first-order valence-electron chi connectivity index (χ1n) is 12.7. The summed E-state index contributed by atoms with van der Waals surface area (Å²) in [7, 11) is 1.13. The number of methoxy groups -OCH3 is 1. The van der Waals surface area contributed by atoms with Gasteiger partial charge in [0, 0.05) is 45.6 Å². The number of amides is 2. The minimum Gasteiger partial charge on any atom is -0.466 e. The van der Waals surface area contributed by atoms with Crippen molar-refractivity contribution in [2.45, 2.75) is 26.3 Å². The van der Waals surface area contributed by atoms with E-state index in [-0.39, 0.29) is 51.7 Å². The molecule has 2 N–H and O–H groups in total. The monoisotopic (exact) mass is 629 g/mol. The van der Waals surface area contributed by atoms with Crippen LogP contribution in [0.5, 0.6) is 0 Å². The van der Waals surface area contributed by atoms with Crippen LogP contribution >= 0.6 is 12.4 Å². The summed E-state index contributed by atoms with van der Waals surface area (Å²) in [5.41, 5.74) is 0.689. The minimum atomic E-state index is -1.43. The number of esters is 5. The van der Waals surface area contributed by atoms with Crippen LogP contribution in [0.4, 0.5) is 0 Å². The van der Waals surface area contributed by atoms with Crippen LogP contribution in [0.1, 0.15) is 19.4 Å². The van der Waals surface area contributed by atoms with Crippen LogP contribution in [-0.4, -0.2) is 106 Å². The number of hydrogen-bond acceptors (Lipinski definition) is 13. The van der Waals surface area contributed by atoms with Crippen molar-refractivity contribution in [1.82, 2.24) is 15.5 Å². The standard InChI is InChI=1S/C27H35N3O12.ClH/c1-19(31)39-13-11-30(12-14-40-20(2)32)17-24(34)29-22(16-28-23(33)9-10-25(35)38-3)27(37)42-18-41-26(36)15-21-7-5-4-6-8-21;/h4-10,22H,11-18H2,1-3H3,(H,28,33)(H,29,34);1H/b10-9+;/t22-;/m0./s1.